The summed E-state index contributed by atoms with van der Waals surface area (Å²) < 4.78 is 0. The highest BCUT2D eigenvalue weighted by Gasteiger charge is 2.20. The average Bonchev–Trinajstić information content (AvgIpc) is 2.80. The first-order valence-corrected chi connectivity index (χ1v) is 11.9. The number of benzene rings is 2. The average molecular weight is 414 g/mol. The van der Waals surface area contributed by atoms with Gasteiger partial charge >= 0.3 is 0 Å². The van der Waals surface area contributed by atoms with Crippen molar-refractivity contribution in [3.63, 3.8) is 0 Å². The van der Waals surface area contributed by atoms with Gasteiger partial charge in [-0.15, -0.1) is 0 Å². The second kappa shape index (κ2) is 9.74. The topological polar surface area (TPSA) is 37.8 Å². The molecule has 31 heavy (non-hydrogen) atoms. The molecule has 2 aromatic carbocycles. The second-order valence-electron chi connectivity index (χ2n) is 8.70. The molecule has 3 aromatic rings. The second-order valence-corrected chi connectivity index (χ2v) is 8.70. The van der Waals surface area contributed by atoms with Crippen LogP contribution in [-0.4, -0.2) is 16.5 Å². The molecule has 1 N–H and O–H groups in total. The van der Waals surface area contributed by atoms with E-state index in [2.05, 4.69) is 75.5 Å². The molecule has 0 aliphatic heterocycles. The van der Waals surface area contributed by atoms with Crippen molar-refractivity contribution < 1.29 is 0 Å². The highest BCUT2D eigenvalue weighted by molar-refractivity contribution is 5.65. The standard InChI is InChI=1S/C28H35N3/c1-5-21-12-9-13-22(6-2)27(21)28-30-19(3)24(20(4)31-28)17-18-29-26-16-10-14-23-11-7-8-15-25(23)26/h7-9,11-13,15,26,29H,5-6,10,14,16-18H2,1-4H3/t26-/m0/s1. The van der Waals surface area contributed by atoms with Crippen molar-refractivity contribution in [1.82, 2.24) is 15.3 Å². The van der Waals surface area contributed by atoms with E-state index in [0.717, 1.165) is 43.0 Å². The number of nitrogens with one attached hydrogen (secondary N) is 1. The lowest BCUT2D eigenvalue weighted by Crippen LogP contribution is -2.27. The van der Waals surface area contributed by atoms with Crippen LogP contribution in [0.1, 0.15) is 71.9 Å². The Morgan fingerprint density at radius 2 is 1.58 bits per heavy atom. The molecule has 4 rings (SSSR count). The van der Waals surface area contributed by atoms with Crippen LogP contribution in [0.15, 0.2) is 42.5 Å². The first kappa shape index (κ1) is 21.7. The Hall–Kier alpha value is -2.52. The fourth-order valence-corrected chi connectivity index (χ4v) is 5.08. The predicted molar refractivity (Wildman–Crippen MR) is 130 cm³/mol. The highest BCUT2D eigenvalue weighted by atomic mass is 14.9. The maximum atomic E-state index is 4.98. The summed E-state index contributed by atoms with van der Waals surface area (Å²) in [5.74, 6) is 0.891. The van der Waals surface area contributed by atoms with Gasteiger partial charge in [0.05, 0.1) is 0 Å². The van der Waals surface area contributed by atoms with Gasteiger partial charge in [0.2, 0.25) is 0 Å². The van der Waals surface area contributed by atoms with Crippen LogP contribution in [-0.2, 0) is 25.7 Å². The van der Waals surface area contributed by atoms with Crippen LogP contribution in [0, 0.1) is 13.8 Å². The summed E-state index contributed by atoms with van der Waals surface area (Å²) in [6.45, 7) is 9.66. The van der Waals surface area contributed by atoms with Crippen LogP contribution in [0.25, 0.3) is 11.4 Å². The summed E-state index contributed by atoms with van der Waals surface area (Å²) in [7, 11) is 0. The number of hydrogen-bond donors (Lipinski definition) is 1. The summed E-state index contributed by atoms with van der Waals surface area (Å²) in [5.41, 5.74) is 10.4. The molecule has 0 unspecified atom stereocenters. The first-order valence-electron chi connectivity index (χ1n) is 11.9. The third-order valence-corrected chi connectivity index (χ3v) is 6.78. The monoisotopic (exact) mass is 413 g/mol. The molecule has 0 saturated carbocycles. The van der Waals surface area contributed by atoms with Gasteiger partial charge in [0.25, 0.3) is 0 Å². The van der Waals surface area contributed by atoms with Crippen molar-refractivity contribution >= 4 is 0 Å². The molecule has 0 bridgehead atoms. The molecule has 0 amide bonds. The Morgan fingerprint density at radius 1 is 0.903 bits per heavy atom. The molecule has 0 radical (unpaired) electrons. The molecule has 162 valence electrons. The van der Waals surface area contributed by atoms with Gasteiger partial charge in [0, 0.05) is 23.0 Å². The summed E-state index contributed by atoms with van der Waals surface area (Å²) in [6.07, 6.45) is 6.66. The predicted octanol–water partition coefficient (Wildman–Crippen LogP) is 6.09. The molecule has 1 atom stereocenters. The normalized spacial score (nSPS) is 15.7. The Labute approximate surface area is 187 Å². The van der Waals surface area contributed by atoms with E-state index in [1.165, 1.54) is 52.6 Å². The Kier molecular flexibility index (Phi) is 6.82. The lowest BCUT2D eigenvalue weighted by molar-refractivity contribution is 0.462. The third kappa shape index (κ3) is 4.57. The van der Waals surface area contributed by atoms with Crippen LogP contribution in [0.4, 0.5) is 0 Å². The number of rotatable bonds is 7. The van der Waals surface area contributed by atoms with Gasteiger partial charge in [-0.3, -0.25) is 0 Å². The zero-order valence-electron chi connectivity index (χ0n) is 19.5. The van der Waals surface area contributed by atoms with Gasteiger partial charge in [-0.2, -0.15) is 0 Å². The lowest BCUT2D eigenvalue weighted by atomic mass is 9.87. The van der Waals surface area contributed by atoms with E-state index in [4.69, 9.17) is 9.97 Å². The zero-order valence-corrected chi connectivity index (χ0v) is 19.5. The summed E-state index contributed by atoms with van der Waals surface area (Å²) in [4.78, 5) is 9.97. The largest absolute Gasteiger partial charge is 0.310 e. The van der Waals surface area contributed by atoms with E-state index in [9.17, 15) is 0 Å². The van der Waals surface area contributed by atoms with E-state index >= 15 is 0 Å². The number of nitrogens with zero attached hydrogens (tertiary/aromatic N) is 2. The van der Waals surface area contributed by atoms with Crippen LogP contribution in [0.2, 0.25) is 0 Å². The first-order chi connectivity index (χ1) is 15.1. The molecule has 1 aliphatic rings. The minimum atomic E-state index is 0.467. The van der Waals surface area contributed by atoms with Crippen molar-refractivity contribution in [3.8, 4) is 11.4 Å². The summed E-state index contributed by atoms with van der Waals surface area (Å²) >= 11 is 0. The molecule has 0 fully saturated rings. The van der Waals surface area contributed by atoms with E-state index in [1.807, 2.05) is 0 Å². The van der Waals surface area contributed by atoms with E-state index in [1.54, 1.807) is 0 Å². The SMILES string of the molecule is CCc1cccc(CC)c1-c1nc(C)c(CCN[C@H]2CCCc3ccccc32)c(C)n1. The Bertz CT molecular complexity index is 1010. The van der Waals surface area contributed by atoms with Crippen molar-refractivity contribution in [2.75, 3.05) is 6.54 Å². The van der Waals surface area contributed by atoms with E-state index in [0.29, 0.717) is 6.04 Å². The summed E-state index contributed by atoms with van der Waals surface area (Å²) in [5, 5.41) is 3.81. The lowest BCUT2D eigenvalue weighted by Gasteiger charge is -2.26. The number of aromatic nitrogens is 2. The van der Waals surface area contributed by atoms with Gasteiger partial charge in [-0.05, 0) is 86.7 Å². The van der Waals surface area contributed by atoms with Crippen LogP contribution >= 0.6 is 0 Å². The third-order valence-electron chi connectivity index (χ3n) is 6.78. The number of fused-ring (bicyclic) bond motifs is 1. The van der Waals surface area contributed by atoms with Crippen molar-refractivity contribution in [3.05, 3.63) is 81.7 Å². The molecule has 0 spiro atoms. The van der Waals surface area contributed by atoms with Crippen LogP contribution in [0.3, 0.4) is 0 Å². The molecule has 1 heterocycles. The molecular weight excluding hydrogens is 378 g/mol. The Morgan fingerprint density at radius 3 is 2.26 bits per heavy atom. The molecule has 1 aliphatic carbocycles. The van der Waals surface area contributed by atoms with E-state index < -0.39 is 0 Å². The number of aryl methyl sites for hydroxylation is 5. The van der Waals surface area contributed by atoms with Crippen molar-refractivity contribution in [2.45, 2.75) is 72.3 Å². The van der Waals surface area contributed by atoms with Crippen LogP contribution in [0.5, 0.6) is 0 Å². The van der Waals surface area contributed by atoms with Gasteiger partial charge in [0.15, 0.2) is 5.82 Å². The maximum absolute atomic E-state index is 4.98. The van der Waals surface area contributed by atoms with E-state index in [-0.39, 0.29) is 0 Å². The van der Waals surface area contributed by atoms with Crippen molar-refractivity contribution in [1.29, 1.82) is 0 Å². The highest BCUT2D eigenvalue weighted by Crippen LogP contribution is 2.30. The van der Waals surface area contributed by atoms with Crippen molar-refractivity contribution in [2.24, 2.45) is 0 Å². The maximum Gasteiger partial charge on any atom is 0.160 e. The summed E-state index contributed by atoms with van der Waals surface area (Å²) in [6, 6.07) is 15.9. The van der Waals surface area contributed by atoms with Gasteiger partial charge in [-0.25, -0.2) is 9.97 Å². The quantitative estimate of drug-likeness (QED) is 0.509. The van der Waals surface area contributed by atoms with Gasteiger partial charge < -0.3 is 5.32 Å². The zero-order chi connectivity index (χ0) is 21.8. The fraction of sp³-hybridized carbons (Fsp3) is 0.429. The molecule has 0 saturated heterocycles. The minimum absolute atomic E-state index is 0.467. The van der Waals surface area contributed by atoms with Gasteiger partial charge in [-0.1, -0.05) is 56.3 Å². The smallest absolute Gasteiger partial charge is 0.160 e. The Balaban J connectivity index is 1.52. The molecule has 3 heteroatoms. The molecular formula is C28H35N3. The number of hydrogen-bond acceptors (Lipinski definition) is 3. The minimum Gasteiger partial charge on any atom is -0.310 e. The molecule has 1 aromatic heterocycles. The van der Waals surface area contributed by atoms with Crippen LogP contribution < -0.4 is 5.32 Å². The molecule has 3 nitrogen and oxygen atoms in total. The van der Waals surface area contributed by atoms with Gasteiger partial charge in [0.1, 0.15) is 0 Å². The fourth-order valence-electron chi connectivity index (χ4n) is 5.08.